The lowest BCUT2D eigenvalue weighted by Gasteiger charge is -2.33. The topological polar surface area (TPSA) is 0 Å². The summed E-state index contributed by atoms with van der Waals surface area (Å²) >= 11 is 0. The Bertz CT molecular complexity index is 224. The molecule has 0 rings (SSSR count). The molecule has 3 unspecified atom stereocenters. The third kappa shape index (κ3) is 5.59. The van der Waals surface area contributed by atoms with E-state index in [4.69, 9.17) is 0 Å². The van der Waals surface area contributed by atoms with E-state index < -0.39 is 0 Å². The summed E-state index contributed by atoms with van der Waals surface area (Å²) in [4.78, 5) is 0. The molecule has 0 amide bonds. The Hall–Kier alpha value is -0.260. The summed E-state index contributed by atoms with van der Waals surface area (Å²) in [6, 6.07) is 0. The first-order chi connectivity index (χ1) is 8.51. The van der Waals surface area contributed by atoms with E-state index in [-0.39, 0.29) is 0 Å². The van der Waals surface area contributed by atoms with Crippen molar-refractivity contribution in [3.05, 3.63) is 11.6 Å². The molecule has 0 saturated carbocycles. The lowest BCUT2D eigenvalue weighted by Crippen LogP contribution is -2.23. The van der Waals surface area contributed by atoms with Crippen molar-refractivity contribution in [1.82, 2.24) is 0 Å². The minimum Gasteiger partial charge on any atom is -0.0882 e. The summed E-state index contributed by atoms with van der Waals surface area (Å²) in [5.41, 5.74) is 1.69. The molecule has 0 fully saturated rings. The Morgan fingerprint density at radius 1 is 1.00 bits per heavy atom. The molecule has 0 N–H and O–H groups in total. The number of hydrogen-bond donors (Lipinski definition) is 0. The van der Waals surface area contributed by atoms with Crippen LogP contribution in [0.2, 0.25) is 0 Å². The van der Waals surface area contributed by atoms with Gasteiger partial charge < -0.3 is 0 Å². The highest BCUT2D eigenvalue weighted by atomic mass is 14.3. The van der Waals surface area contributed by atoms with Gasteiger partial charge in [-0.3, -0.25) is 0 Å². The fourth-order valence-electron chi connectivity index (χ4n) is 3.50. The molecule has 3 atom stereocenters. The summed E-state index contributed by atoms with van der Waals surface area (Å²) in [6.45, 7) is 16.4. The maximum Gasteiger partial charge on any atom is -0.0201 e. The molecule has 108 valence electrons. The van der Waals surface area contributed by atoms with Crippen LogP contribution in [0.15, 0.2) is 11.6 Å². The van der Waals surface area contributed by atoms with Gasteiger partial charge in [-0.25, -0.2) is 0 Å². The first-order valence-electron chi connectivity index (χ1n) is 8.16. The van der Waals surface area contributed by atoms with Crippen LogP contribution in [-0.2, 0) is 0 Å². The first-order valence-corrected chi connectivity index (χ1v) is 8.16. The molecule has 0 aliphatic heterocycles. The van der Waals surface area contributed by atoms with Crippen LogP contribution in [0.1, 0.15) is 80.6 Å². The van der Waals surface area contributed by atoms with Gasteiger partial charge in [-0.1, -0.05) is 78.9 Å². The Morgan fingerprint density at radius 3 is 1.94 bits per heavy atom. The standard InChI is InChI=1S/C18H36/c1-8-12-16(9-2)18(11-4)15(7)17(10-3)13-14(5)6/h10,14-16,18H,8-9,11-13H2,1-7H3. The van der Waals surface area contributed by atoms with E-state index >= 15 is 0 Å². The van der Waals surface area contributed by atoms with Gasteiger partial charge >= 0.3 is 0 Å². The van der Waals surface area contributed by atoms with Gasteiger partial charge in [0.1, 0.15) is 0 Å². The van der Waals surface area contributed by atoms with E-state index in [1.165, 1.54) is 32.1 Å². The van der Waals surface area contributed by atoms with Crippen LogP contribution in [0.25, 0.3) is 0 Å². The molecule has 0 radical (unpaired) electrons. The summed E-state index contributed by atoms with van der Waals surface area (Å²) in [5.74, 6) is 3.33. The van der Waals surface area contributed by atoms with Gasteiger partial charge in [0.25, 0.3) is 0 Å². The molecule has 0 heteroatoms. The minimum absolute atomic E-state index is 0.763. The normalized spacial score (nSPS) is 17.9. The van der Waals surface area contributed by atoms with Crippen molar-refractivity contribution in [3.8, 4) is 0 Å². The summed E-state index contributed by atoms with van der Waals surface area (Å²) in [6.07, 6.45) is 9.06. The lowest BCUT2D eigenvalue weighted by molar-refractivity contribution is 0.229. The van der Waals surface area contributed by atoms with E-state index in [9.17, 15) is 0 Å². The van der Waals surface area contributed by atoms with Crippen LogP contribution in [0.5, 0.6) is 0 Å². The first kappa shape index (κ1) is 17.7. The van der Waals surface area contributed by atoms with Gasteiger partial charge in [0.05, 0.1) is 0 Å². The zero-order valence-corrected chi connectivity index (χ0v) is 13.9. The zero-order chi connectivity index (χ0) is 14.1. The Balaban J connectivity index is 4.80. The van der Waals surface area contributed by atoms with Crippen molar-refractivity contribution in [2.75, 3.05) is 0 Å². The van der Waals surface area contributed by atoms with Crippen LogP contribution < -0.4 is 0 Å². The smallest absolute Gasteiger partial charge is 0.0201 e. The van der Waals surface area contributed by atoms with Crippen molar-refractivity contribution in [2.45, 2.75) is 80.6 Å². The zero-order valence-electron chi connectivity index (χ0n) is 13.9. The quantitative estimate of drug-likeness (QED) is 0.413. The molecule has 0 aromatic rings. The molecule has 0 aliphatic rings. The van der Waals surface area contributed by atoms with E-state index in [1.807, 2.05) is 0 Å². The second kappa shape index (κ2) is 9.64. The van der Waals surface area contributed by atoms with Crippen LogP contribution >= 0.6 is 0 Å². The van der Waals surface area contributed by atoms with E-state index in [2.05, 4.69) is 54.5 Å². The van der Waals surface area contributed by atoms with Crippen molar-refractivity contribution in [1.29, 1.82) is 0 Å². The van der Waals surface area contributed by atoms with Crippen LogP contribution in [0.3, 0.4) is 0 Å². The fourth-order valence-corrected chi connectivity index (χ4v) is 3.50. The molecule has 0 aromatic carbocycles. The van der Waals surface area contributed by atoms with Crippen molar-refractivity contribution < 1.29 is 0 Å². The molecular formula is C18H36. The van der Waals surface area contributed by atoms with E-state index in [1.54, 1.807) is 5.57 Å². The number of rotatable bonds is 9. The fraction of sp³-hybridized carbons (Fsp3) is 0.889. The largest absolute Gasteiger partial charge is 0.0882 e. The van der Waals surface area contributed by atoms with Crippen molar-refractivity contribution in [2.24, 2.45) is 23.7 Å². The Morgan fingerprint density at radius 2 is 1.61 bits per heavy atom. The maximum absolute atomic E-state index is 2.46. The molecule has 0 aromatic heterocycles. The summed E-state index contributed by atoms with van der Waals surface area (Å²) < 4.78 is 0. The third-order valence-corrected chi connectivity index (χ3v) is 4.50. The molecule has 18 heavy (non-hydrogen) atoms. The second-order valence-corrected chi connectivity index (χ2v) is 6.28. The highest BCUT2D eigenvalue weighted by Crippen LogP contribution is 2.36. The molecule has 0 spiro atoms. The Kier molecular flexibility index (Phi) is 9.50. The van der Waals surface area contributed by atoms with Gasteiger partial charge in [0.2, 0.25) is 0 Å². The maximum atomic E-state index is 2.46. The second-order valence-electron chi connectivity index (χ2n) is 6.28. The van der Waals surface area contributed by atoms with Crippen molar-refractivity contribution in [3.63, 3.8) is 0 Å². The van der Waals surface area contributed by atoms with Crippen LogP contribution in [0.4, 0.5) is 0 Å². The molecule has 0 bridgehead atoms. The van der Waals surface area contributed by atoms with Crippen LogP contribution in [-0.4, -0.2) is 0 Å². The lowest BCUT2D eigenvalue weighted by atomic mass is 9.73. The predicted octanol–water partition coefficient (Wildman–Crippen LogP) is 6.47. The predicted molar refractivity (Wildman–Crippen MR) is 84.8 cm³/mol. The third-order valence-electron chi connectivity index (χ3n) is 4.50. The molecule has 0 heterocycles. The molecular weight excluding hydrogens is 216 g/mol. The highest BCUT2D eigenvalue weighted by molar-refractivity contribution is 5.07. The number of allylic oxidation sites excluding steroid dienone is 2. The molecule has 0 aliphatic carbocycles. The monoisotopic (exact) mass is 252 g/mol. The summed E-state index contributed by atoms with van der Waals surface area (Å²) in [7, 11) is 0. The SMILES string of the molecule is CC=C(CC(C)C)C(C)C(CC)C(CC)CCC. The van der Waals surface area contributed by atoms with Gasteiger partial charge in [-0.05, 0) is 37.0 Å². The Labute approximate surface area is 116 Å². The molecule has 0 saturated heterocycles. The van der Waals surface area contributed by atoms with E-state index in [0.717, 1.165) is 23.7 Å². The number of hydrogen-bond acceptors (Lipinski definition) is 0. The summed E-state index contributed by atoms with van der Waals surface area (Å²) in [5, 5.41) is 0. The van der Waals surface area contributed by atoms with Gasteiger partial charge in [-0.2, -0.15) is 0 Å². The van der Waals surface area contributed by atoms with Gasteiger partial charge in [0.15, 0.2) is 0 Å². The van der Waals surface area contributed by atoms with Gasteiger partial charge in [0, 0.05) is 0 Å². The average Bonchev–Trinajstić information content (AvgIpc) is 2.35. The van der Waals surface area contributed by atoms with Crippen LogP contribution in [0, 0.1) is 23.7 Å². The van der Waals surface area contributed by atoms with Crippen molar-refractivity contribution >= 4 is 0 Å². The van der Waals surface area contributed by atoms with Gasteiger partial charge in [-0.15, -0.1) is 0 Å². The average molecular weight is 252 g/mol. The highest BCUT2D eigenvalue weighted by Gasteiger charge is 2.25. The minimum atomic E-state index is 0.763. The van der Waals surface area contributed by atoms with E-state index in [0.29, 0.717) is 0 Å². The molecule has 0 nitrogen and oxygen atoms in total.